The summed E-state index contributed by atoms with van der Waals surface area (Å²) < 4.78 is 17.2. The van der Waals surface area contributed by atoms with Gasteiger partial charge in [-0.15, -0.1) is 0 Å². The maximum Gasteiger partial charge on any atom is 0.317 e. The van der Waals surface area contributed by atoms with Gasteiger partial charge in [0.1, 0.15) is 5.82 Å². The van der Waals surface area contributed by atoms with E-state index in [4.69, 9.17) is 0 Å². The van der Waals surface area contributed by atoms with Gasteiger partial charge < -0.3 is 4.74 Å². The van der Waals surface area contributed by atoms with Crippen LogP contribution >= 0.6 is 0 Å². The van der Waals surface area contributed by atoms with E-state index in [0.29, 0.717) is 12.0 Å². The third kappa shape index (κ3) is 5.24. The molecule has 0 saturated carbocycles. The number of carbonyl (C=O) groups excluding carboxylic acids is 2. The molecule has 0 heterocycles. The van der Waals surface area contributed by atoms with Gasteiger partial charge in [-0.1, -0.05) is 25.5 Å². The Morgan fingerprint density at radius 3 is 2.41 bits per heavy atom. The van der Waals surface area contributed by atoms with Crippen molar-refractivity contribution in [3.8, 4) is 0 Å². The van der Waals surface area contributed by atoms with Crippen LogP contribution < -0.4 is 0 Å². The summed E-state index contributed by atoms with van der Waals surface area (Å²) in [6.45, 7) is 1.95. The van der Waals surface area contributed by atoms with Crippen LogP contribution in [-0.4, -0.2) is 11.9 Å². The first-order chi connectivity index (χ1) is 8.11. The van der Waals surface area contributed by atoms with Crippen LogP contribution in [-0.2, 0) is 20.7 Å². The molecule has 3 nitrogen and oxygen atoms in total. The van der Waals surface area contributed by atoms with Crippen LogP contribution in [0.2, 0.25) is 0 Å². The maximum atomic E-state index is 12.6. The van der Waals surface area contributed by atoms with Crippen LogP contribution in [0.1, 0.15) is 31.7 Å². The molecule has 0 N–H and O–H groups in total. The predicted molar refractivity (Wildman–Crippen MR) is 60.7 cm³/mol. The normalized spacial score (nSPS) is 10.0. The minimum Gasteiger partial charge on any atom is -0.393 e. The van der Waals surface area contributed by atoms with Gasteiger partial charge in [-0.05, 0) is 24.1 Å². The van der Waals surface area contributed by atoms with Gasteiger partial charge in [-0.3, -0.25) is 9.59 Å². The van der Waals surface area contributed by atoms with E-state index in [1.165, 1.54) is 24.3 Å². The third-order valence-corrected chi connectivity index (χ3v) is 2.22. The topological polar surface area (TPSA) is 43.4 Å². The minimum atomic E-state index is -0.599. The average molecular weight is 238 g/mol. The second-order valence-corrected chi connectivity index (χ2v) is 3.75. The molecular weight excluding hydrogens is 223 g/mol. The Kier molecular flexibility index (Phi) is 5.33. The summed E-state index contributed by atoms with van der Waals surface area (Å²) in [6, 6.07) is 5.52. The molecule has 0 saturated heterocycles. The Bertz CT molecular complexity index is 384. The highest BCUT2D eigenvalue weighted by molar-refractivity contribution is 5.86. The lowest BCUT2D eigenvalue weighted by molar-refractivity contribution is -0.159. The van der Waals surface area contributed by atoms with Crippen LogP contribution in [0, 0.1) is 5.82 Å². The Morgan fingerprint density at radius 1 is 1.18 bits per heavy atom. The smallest absolute Gasteiger partial charge is 0.317 e. The number of hydrogen-bond acceptors (Lipinski definition) is 3. The van der Waals surface area contributed by atoms with Gasteiger partial charge in [-0.2, -0.15) is 0 Å². The number of unbranched alkanes of at least 4 members (excludes halogenated alkanes) is 1. The molecule has 0 aliphatic rings. The monoisotopic (exact) mass is 238 g/mol. The lowest BCUT2D eigenvalue weighted by atomic mass is 10.1. The number of ether oxygens (including phenoxy) is 1. The first-order valence-electron chi connectivity index (χ1n) is 5.59. The average Bonchev–Trinajstić information content (AvgIpc) is 2.29. The molecular formula is C13H15FO3. The Balaban J connectivity index is 2.39. The fourth-order valence-corrected chi connectivity index (χ4v) is 1.30. The zero-order chi connectivity index (χ0) is 12.7. The van der Waals surface area contributed by atoms with Crippen molar-refractivity contribution >= 4 is 11.9 Å². The molecule has 0 amide bonds. The molecule has 0 atom stereocenters. The van der Waals surface area contributed by atoms with Crippen LogP contribution in [0.15, 0.2) is 24.3 Å². The van der Waals surface area contributed by atoms with E-state index in [2.05, 4.69) is 4.74 Å². The summed E-state index contributed by atoms with van der Waals surface area (Å²) >= 11 is 0. The molecule has 1 rings (SSSR count). The molecule has 0 bridgehead atoms. The molecule has 4 heteroatoms. The summed E-state index contributed by atoms with van der Waals surface area (Å²) in [5.41, 5.74) is 0.625. The Hall–Kier alpha value is -1.71. The molecule has 0 spiro atoms. The van der Waals surface area contributed by atoms with Gasteiger partial charge in [0.2, 0.25) is 0 Å². The zero-order valence-corrected chi connectivity index (χ0v) is 9.74. The molecule has 0 aliphatic heterocycles. The number of benzene rings is 1. The van der Waals surface area contributed by atoms with Gasteiger partial charge in [-0.25, -0.2) is 4.39 Å². The zero-order valence-electron chi connectivity index (χ0n) is 9.74. The van der Waals surface area contributed by atoms with Crippen molar-refractivity contribution in [3.05, 3.63) is 35.6 Å². The van der Waals surface area contributed by atoms with Gasteiger partial charge in [0.25, 0.3) is 0 Å². The summed E-state index contributed by atoms with van der Waals surface area (Å²) in [5.74, 6) is -1.46. The van der Waals surface area contributed by atoms with Gasteiger partial charge in [0.15, 0.2) is 0 Å². The van der Waals surface area contributed by atoms with Crippen molar-refractivity contribution in [1.82, 2.24) is 0 Å². The molecule has 17 heavy (non-hydrogen) atoms. The van der Waals surface area contributed by atoms with Crippen LogP contribution in [0.3, 0.4) is 0 Å². The van der Waals surface area contributed by atoms with Gasteiger partial charge >= 0.3 is 11.9 Å². The molecule has 0 aliphatic carbocycles. The number of hydrogen-bond donors (Lipinski definition) is 0. The van der Waals surface area contributed by atoms with E-state index in [1.54, 1.807) is 0 Å². The number of halogens is 1. The van der Waals surface area contributed by atoms with Crippen molar-refractivity contribution in [1.29, 1.82) is 0 Å². The van der Waals surface area contributed by atoms with E-state index < -0.39 is 11.9 Å². The number of carbonyl (C=O) groups is 2. The minimum absolute atomic E-state index is 0.0157. The van der Waals surface area contributed by atoms with Gasteiger partial charge in [0, 0.05) is 6.42 Å². The molecule has 0 radical (unpaired) electrons. The Morgan fingerprint density at radius 2 is 1.82 bits per heavy atom. The second-order valence-electron chi connectivity index (χ2n) is 3.75. The summed E-state index contributed by atoms with van der Waals surface area (Å²) in [4.78, 5) is 22.5. The summed E-state index contributed by atoms with van der Waals surface area (Å²) in [6.07, 6.45) is 1.83. The number of esters is 2. The van der Waals surface area contributed by atoms with E-state index in [1.807, 2.05) is 6.92 Å². The molecule has 92 valence electrons. The van der Waals surface area contributed by atoms with Crippen molar-refractivity contribution in [2.24, 2.45) is 0 Å². The van der Waals surface area contributed by atoms with Crippen molar-refractivity contribution in [2.75, 3.05) is 0 Å². The third-order valence-electron chi connectivity index (χ3n) is 2.22. The highest BCUT2D eigenvalue weighted by Gasteiger charge is 2.10. The van der Waals surface area contributed by atoms with E-state index in [0.717, 1.165) is 6.42 Å². The van der Waals surface area contributed by atoms with Crippen molar-refractivity contribution in [2.45, 2.75) is 32.6 Å². The summed E-state index contributed by atoms with van der Waals surface area (Å²) in [5, 5.41) is 0. The van der Waals surface area contributed by atoms with Gasteiger partial charge in [0.05, 0.1) is 6.42 Å². The van der Waals surface area contributed by atoms with E-state index >= 15 is 0 Å². The summed E-state index contributed by atoms with van der Waals surface area (Å²) in [7, 11) is 0. The lowest BCUT2D eigenvalue weighted by Gasteiger charge is -2.02. The molecule has 1 aromatic rings. The van der Waals surface area contributed by atoms with E-state index in [9.17, 15) is 14.0 Å². The van der Waals surface area contributed by atoms with Crippen LogP contribution in [0.25, 0.3) is 0 Å². The first-order valence-corrected chi connectivity index (χ1v) is 5.59. The van der Waals surface area contributed by atoms with E-state index in [-0.39, 0.29) is 18.7 Å². The number of rotatable bonds is 5. The second kappa shape index (κ2) is 6.78. The Labute approximate surface area is 99.6 Å². The fourth-order valence-electron chi connectivity index (χ4n) is 1.30. The molecule has 0 fully saturated rings. The lowest BCUT2D eigenvalue weighted by Crippen LogP contribution is -2.14. The molecule has 1 aromatic carbocycles. The highest BCUT2D eigenvalue weighted by atomic mass is 19.1. The molecule has 0 unspecified atom stereocenters. The first kappa shape index (κ1) is 13.4. The standard InChI is InChI=1S/C13H15FO3/c1-2-3-4-12(15)17-13(16)9-10-5-7-11(14)8-6-10/h5-8H,2-4,9H2,1H3. The largest absolute Gasteiger partial charge is 0.393 e. The maximum absolute atomic E-state index is 12.6. The SMILES string of the molecule is CCCCC(=O)OC(=O)Cc1ccc(F)cc1. The van der Waals surface area contributed by atoms with Crippen LogP contribution in [0.4, 0.5) is 4.39 Å². The van der Waals surface area contributed by atoms with Crippen molar-refractivity contribution in [3.63, 3.8) is 0 Å². The highest BCUT2D eigenvalue weighted by Crippen LogP contribution is 2.05. The fraction of sp³-hybridized carbons (Fsp3) is 0.385. The quantitative estimate of drug-likeness (QED) is 0.585. The predicted octanol–water partition coefficient (Wildman–Crippen LogP) is 2.63. The van der Waals surface area contributed by atoms with Crippen molar-refractivity contribution < 1.29 is 18.7 Å². The van der Waals surface area contributed by atoms with Crippen LogP contribution in [0.5, 0.6) is 0 Å². The molecule has 0 aromatic heterocycles.